The molecular formula is C11H12S. The average molecular weight is 176 g/mol. The van der Waals surface area contributed by atoms with E-state index in [1.165, 1.54) is 5.56 Å². The van der Waals surface area contributed by atoms with Gasteiger partial charge in [0.25, 0.3) is 0 Å². The molecule has 1 aromatic carbocycles. The molecule has 1 heteroatoms. The Labute approximate surface area is 78.0 Å². The molecule has 0 unspecified atom stereocenters. The summed E-state index contributed by atoms with van der Waals surface area (Å²) in [4.78, 5) is 2.13. The maximum absolute atomic E-state index is 3.97. The first kappa shape index (κ1) is 9.14. The van der Waals surface area contributed by atoms with Gasteiger partial charge in [-0.25, -0.2) is 0 Å². The Hall–Kier alpha value is -0.950. The minimum atomic E-state index is 1.06. The third kappa shape index (κ3) is 2.59. The quantitative estimate of drug-likeness (QED) is 0.672. The molecule has 12 heavy (non-hydrogen) atoms. The van der Waals surface area contributed by atoms with Gasteiger partial charge in [-0.1, -0.05) is 55.3 Å². The summed E-state index contributed by atoms with van der Waals surface area (Å²) < 4.78 is 0. The molecule has 1 aromatic rings. The summed E-state index contributed by atoms with van der Waals surface area (Å²) in [5.41, 5.74) is 1.17. The van der Waals surface area contributed by atoms with E-state index in [9.17, 15) is 0 Å². The molecule has 62 valence electrons. The first-order valence-corrected chi connectivity index (χ1v) is 4.59. The molecule has 0 spiro atoms. The summed E-state index contributed by atoms with van der Waals surface area (Å²) in [5, 5.41) is 0. The van der Waals surface area contributed by atoms with Crippen molar-refractivity contribution < 1.29 is 0 Å². The Kier molecular flexibility index (Phi) is 3.18. The van der Waals surface area contributed by atoms with Crippen LogP contribution in [-0.4, -0.2) is 0 Å². The minimum absolute atomic E-state index is 1.06. The largest absolute Gasteiger partial charge is 0.0955 e. The highest BCUT2D eigenvalue weighted by Crippen LogP contribution is 2.30. The third-order valence-electron chi connectivity index (χ3n) is 1.39. The molecule has 0 saturated carbocycles. The number of rotatable bonds is 3. The molecule has 0 aromatic heterocycles. The van der Waals surface area contributed by atoms with E-state index in [0.29, 0.717) is 0 Å². The molecule has 1 rings (SSSR count). The summed E-state index contributed by atoms with van der Waals surface area (Å²) in [6.45, 7) is 9.77. The van der Waals surface area contributed by atoms with Crippen LogP contribution in [0.25, 0.3) is 4.91 Å². The Morgan fingerprint density at radius 2 is 1.75 bits per heavy atom. The molecule has 0 aliphatic carbocycles. The molecule has 0 aliphatic rings. The predicted octanol–water partition coefficient (Wildman–Crippen LogP) is 3.92. The highest BCUT2D eigenvalue weighted by atomic mass is 32.2. The Bertz CT molecular complexity index is 285. The van der Waals surface area contributed by atoms with Gasteiger partial charge in [0.05, 0.1) is 0 Å². The first-order chi connectivity index (χ1) is 5.70. The molecule has 0 nitrogen and oxygen atoms in total. The van der Waals surface area contributed by atoms with Gasteiger partial charge in [-0.15, -0.1) is 0 Å². The lowest BCUT2D eigenvalue weighted by Gasteiger charge is -2.03. The zero-order valence-corrected chi connectivity index (χ0v) is 8.03. The second kappa shape index (κ2) is 4.17. The Morgan fingerprint density at radius 1 is 1.17 bits per heavy atom. The van der Waals surface area contributed by atoms with E-state index < -0.39 is 0 Å². The summed E-state index contributed by atoms with van der Waals surface area (Å²) >= 11 is 1.62. The second-order valence-corrected chi connectivity index (χ2v) is 3.99. The molecule has 0 aliphatic heterocycles. The fourth-order valence-corrected chi connectivity index (χ4v) is 1.57. The molecule has 0 radical (unpaired) electrons. The van der Waals surface area contributed by atoms with E-state index >= 15 is 0 Å². The van der Waals surface area contributed by atoms with Crippen molar-refractivity contribution in [1.82, 2.24) is 0 Å². The molecule has 0 N–H and O–H groups in total. The molecule has 0 saturated heterocycles. The van der Waals surface area contributed by atoms with Crippen molar-refractivity contribution in [2.45, 2.75) is 6.92 Å². The van der Waals surface area contributed by atoms with E-state index in [4.69, 9.17) is 0 Å². The van der Waals surface area contributed by atoms with E-state index in [1.807, 2.05) is 25.1 Å². The van der Waals surface area contributed by atoms with Crippen LogP contribution in [0, 0.1) is 0 Å². The highest BCUT2D eigenvalue weighted by molar-refractivity contribution is 8.11. The lowest BCUT2D eigenvalue weighted by atomic mass is 10.2. The zero-order valence-electron chi connectivity index (χ0n) is 7.21. The van der Waals surface area contributed by atoms with Crippen LogP contribution in [0.5, 0.6) is 0 Å². The van der Waals surface area contributed by atoms with Gasteiger partial charge < -0.3 is 0 Å². The predicted molar refractivity (Wildman–Crippen MR) is 57.9 cm³/mol. The van der Waals surface area contributed by atoms with E-state index in [-0.39, 0.29) is 0 Å². The van der Waals surface area contributed by atoms with Gasteiger partial charge in [0.1, 0.15) is 0 Å². The monoisotopic (exact) mass is 176 g/mol. The summed E-state index contributed by atoms with van der Waals surface area (Å²) in [6, 6.07) is 10.1. The van der Waals surface area contributed by atoms with Gasteiger partial charge >= 0.3 is 0 Å². The van der Waals surface area contributed by atoms with Crippen molar-refractivity contribution in [3.8, 4) is 0 Å². The fraction of sp³-hybridized carbons (Fsp3) is 0.0909. The van der Waals surface area contributed by atoms with Gasteiger partial charge in [-0.2, -0.15) is 0 Å². The first-order valence-electron chi connectivity index (χ1n) is 3.78. The standard InChI is InChI=1S/C11H12S/c1-9(2)12-10(3)11-7-5-4-6-8-11/h4-8H,1,3H2,2H3. The van der Waals surface area contributed by atoms with Crippen LogP contribution in [0.4, 0.5) is 0 Å². The fourth-order valence-electron chi connectivity index (χ4n) is 0.893. The van der Waals surface area contributed by atoms with Gasteiger partial charge in [-0.05, 0) is 17.4 Å². The summed E-state index contributed by atoms with van der Waals surface area (Å²) in [7, 11) is 0. The third-order valence-corrected chi connectivity index (χ3v) is 2.22. The minimum Gasteiger partial charge on any atom is -0.0955 e. The molecule has 0 amide bonds. The topological polar surface area (TPSA) is 0 Å². The van der Waals surface area contributed by atoms with Crippen molar-refractivity contribution in [2.75, 3.05) is 0 Å². The van der Waals surface area contributed by atoms with Crippen molar-refractivity contribution >= 4 is 16.7 Å². The second-order valence-electron chi connectivity index (χ2n) is 2.59. The summed E-state index contributed by atoms with van der Waals surface area (Å²) in [6.07, 6.45) is 0. The van der Waals surface area contributed by atoms with Crippen molar-refractivity contribution in [1.29, 1.82) is 0 Å². The Morgan fingerprint density at radius 3 is 2.25 bits per heavy atom. The summed E-state index contributed by atoms with van der Waals surface area (Å²) in [5.74, 6) is 0. The van der Waals surface area contributed by atoms with Gasteiger partial charge in [0.2, 0.25) is 0 Å². The van der Waals surface area contributed by atoms with Crippen LogP contribution in [0.15, 0.2) is 48.4 Å². The van der Waals surface area contributed by atoms with Crippen molar-refractivity contribution in [3.05, 3.63) is 54.0 Å². The van der Waals surface area contributed by atoms with Gasteiger partial charge in [0.15, 0.2) is 0 Å². The lowest BCUT2D eigenvalue weighted by molar-refractivity contribution is 1.65. The number of benzene rings is 1. The highest BCUT2D eigenvalue weighted by Gasteiger charge is 1.97. The smallest absolute Gasteiger partial charge is 0.0119 e. The number of hydrogen-bond donors (Lipinski definition) is 0. The van der Waals surface area contributed by atoms with Gasteiger partial charge in [0, 0.05) is 4.91 Å². The lowest BCUT2D eigenvalue weighted by Crippen LogP contribution is -1.75. The number of hydrogen-bond acceptors (Lipinski definition) is 1. The van der Waals surface area contributed by atoms with Crippen LogP contribution >= 0.6 is 11.8 Å². The number of allylic oxidation sites excluding steroid dienone is 1. The maximum atomic E-state index is 3.97. The van der Waals surface area contributed by atoms with Crippen molar-refractivity contribution in [2.24, 2.45) is 0 Å². The molecule has 0 atom stereocenters. The molecule has 0 heterocycles. The number of thioether (sulfide) groups is 1. The van der Waals surface area contributed by atoms with Crippen LogP contribution < -0.4 is 0 Å². The van der Waals surface area contributed by atoms with E-state index in [0.717, 1.165) is 9.81 Å². The van der Waals surface area contributed by atoms with Crippen LogP contribution in [-0.2, 0) is 0 Å². The SMILES string of the molecule is C=C(C)SC(=C)c1ccccc1. The van der Waals surface area contributed by atoms with Crippen LogP contribution in [0.1, 0.15) is 12.5 Å². The van der Waals surface area contributed by atoms with Crippen LogP contribution in [0.3, 0.4) is 0 Å². The molecule has 0 bridgehead atoms. The normalized spacial score (nSPS) is 9.42. The van der Waals surface area contributed by atoms with Crippen LogP contribution in [0.2, 0.25) is 0 Å². The average Bonchev–Trinajstić information content (AvgIpc) is 2.05. The van der Waals surface area contributed by atoms with Gasteiger partial charge in [-0.3, -0.25) is 0 Å². The zero-order chi connectivity index (χ0) is 8.97. The van der Waals surface area contributed by atoms with E-state index in [1.54, 1.807) is 11.8 Å². The molecule has 0 fully saturated rings. The molecular weight excluding hydrogens is 164 g/mol. The van der Waals surface area contributed by atoms with Crippen molar-refractivity contribution in [3.63, 3.8) is 0 Å². The maximum Gasteiger partial charge on any atom is 0.0119 e. The Balaban J connectivity index is 2.73. The van der Waals surface area contributed by atoms with E-state index in [2.05, 4.69) is 25.3 Å².